The van der Waals surface area contributed by atoms with E-state index in [0.29, 0.717) is 0 Å². The first-order valence-electron chi connectivity index (χ1n) is 4.05. The first-order valence-corrected chi connectivity index (χ1v) is 4.05. The second-order valence-electron chi connectivity index (χ2n) is 3.01. The van der Waals surface area contributed by atoms with Crippen LogP contribution in [0.3, 0.4) is 0 Å². The summed E-state index contributed by atoms with van der Waals surface area (Å²) in [6.07, 6.45) is -4.96. The molecule has 0 radical (unpaired) electrons. The second kappa shape index (κ2) is 3.90. The van der Waals surface area contributed by atoms with E-state index in [1.54, 1.807) is 19.1 Å². The molecule has 0 aromatic heterocycles. The van der Waals surface area contributed by atoms with Crippen molar-refractivity contribution in [3.63, 3.8) is 0 Å². The fourth-order valence-corrected chi connectivity index (χ4v) is 0.959. The van der Waals surface area contributed by atoms with Crippen LogP contribution >= 0.6 is 0 Å². The number of anilines is 1. The average Bonchev–Trinajstić information content (AvgIpc) is 2.15. The van der Waals surface area contributed by atoms with Crippen molar-refractivity contribution in [2.45, 2.75) is 13.1 Å². The van der Waals surface area contributed by atoms with Gasteiger partial charge in [-0.3, -0.25) is 4.79 Å². The molecule has 1 aromatic rings. The smallest absolute Gasteiger partial charge is 0.262 e. The largest absolute Gasteiger partial charge is 0.473 e. The number of benzene rings is 1. The molecule has 82 valence electrons. The lowest BCUT2D eigenvalue weighted by Crippen LogP contribution is -2.45. The number of carbonyl (C=O) groups is 1. The number of hydrogen-bond donors (Lipinski definition) is 1. The lowest BCUT2D eigenvalue weighted by atomic mass is 10.2. The molecular formula is C9H9F3N2O. The Bertz CT molecular complexity index is 359. The number of hydrogen-bond acceptors (Lipinski definition) is 2. The van der Waals surface area contributed by atoms with E-state index in [2.05, 4.69) is 0 Å². The van der Waals surface area contributed by atoms with Crippen molar-refractivity contribution in [1.82, 2.24) is 0 Å². The third-order valence-corrected chi connectivity index (χ3v) is 1.77. The number of halogens is 3. The topological polar surface area (TPSA) is 46.3 Å². The van der Waals surface area contributed by atoms with Crippen molar-refractivity contribution in [3.05, 3.63) is 29.8 Å². The molecule has 1 aromatic carbocycles. The molecule has 0 atom stereocenters. The van der Waals surface area contributed by atoms with E-state index in [-0.39, 0.29) is 10.7 Å². The Morgan fingerprint density at radius 1 is 1.27 bits per heavy atom. The molecule has 0 fully saturated rings. The summed E-state index contributed by atoms with van der Waals surface area (Å²) in [6.45, 7) is 1.77. The first kappa shape index (κ1) is 11.5. The fourth-order valence-electron chi connectivity index (χ4n) is 0.959. The summed E-state index contributed by atoms with van der Waals surface area (Å²) < 4.78 is 36.0. The Kier molecular flexibility index (Phi) is 2.99. The van der Waals surface area contributed by atoms with Gasteiger partial charge in [0, 0.05) is 0 Å². The van der Waals surface area contributed by atoms with Gasteiger partial charge in [-0.2, -0.15) is 13.2 Å². The van der Waals surface area contributed by atoms with Gasteiger partial charge in [-0.15, -0.1) is 0 Å². The molecule has 0 aliphatic rings. The van der Waals surface area contributed by atoms with Crippen LogP contribution in [0.15, 0.2) is 24.3 Å². The van der Waals surface area contributed by atoms with Crippen LogP contribution in [0.1, 0.15) is 5.56 Å². The van der Waals surface area contributed by atoms with Gasteiger partial charge in [-0.25, -0.2) is 10.9 Å². The number of aryl methyl sites for hydroxylation is 1. The molecule has 0 bridgehead atoms. The Labute approximate surface area is 84.3 Å². The van der Waals surface area contributed by atoms with Crippen molar-refractivity contribution < 1.29 is 18.0 Å². The minimum absolute atomic E-state index is 0.00271. The molecule has 0 unspecified atom stereocenters. The lowest BCUT2D eigenvalue weighted by Gasteiger charge is -2.17. The normalized spacial score (nSPS) is 11.3. The maximum absolute atomic E-state index is 12.0. The van der Waals surface area contributed by atoms with E-state index in [1.807, 2.05) is 0 Å². The quantitative estimate of drug-likeness (QED) is 0.443. The first-order chi connectivity index (χ1) is 6.82. The molecule has 0 spiro atoms. The molecular weight excluding hydrogens is 209 g/mol. The van der Waals surface area contributed by atoms with Crippen molar-refractivity contribution in [2.24, 2.45) is 5.84 Å². The molecule has 6 heteroatoms. The molecule has 2 N–H and O–H groups in total. The molecule has 1 rings (SSSR count). The Morgan fingerprint density at radius 3 is 2.13 bits per heavy atom. The molecule has 1 amide bonds. The van der Waals surface area contributed by atoms with Crippen LogP contribution in [0.4, 0.5) is 18.9 Å². The van der Waals surface area contributed by atoms with Crippen LogP contribution in [0.2, 0.25) is 0 Å². The Hall–Kier alpha value is -1.56. The number of amides is 1. The fraction of sp³-hybridized carbons (Fsp3) is 0.222. The van der Waals surface area contributed by atoms with Crippen molar-refractivity contribution in [2.75, 3.05) is 5.01 Å². The Morgan fingerprint density at radius 2 is 1.73 bits per heavy atom. The molecule has 15 heavy (non-hydrogen) atoms. The van der Waals surface area contributed by atoms with Gasteiger partial charge in [0.15, 0.2) is 0 Å². The zero-order valence-corrected chi connectivity index (χ0v) is 7.88. The van der Waals surface area contributed by atoms with Crippen LogP contribution in [-0.4, -0.2) is 12.1 Å². The number of alkyl halides is 3. The van der Waals surface area contributed by atoms with Crippen molar-refractivity contribution in [3.8, 4) is 0 Å². The van der Waals surface area contributed by atoms with Gasteiger partial charge in [0.05, 0.1) is 5.69 Å². The van der Waals surface area contributed by atoms with Crippen molar-refractivity contribution in [1.29, 1.82) is 0 Å². The number of nitrogens with zero attached hydrogens (tertiary/aromatic N) is 1. The molecule has 0 saturated carbocycles. The molecule has 0 heterocycles. The van der Waals surface area contributed by atoms with Gasteiger partial charge in [0.2, 0.25) is 0 Å². The predicted octanol–water partition coefficient (Wildman–Crippen LogP) is 1.76. The van der Waals surface area contributed by atoms with Gasteiger partial charge in [-0.1, -0.05) is 17.7 Å². The zero-order chi connectivity index (χ0) is 11.6. The van der Waals surface area contributed by atoms with Crippen LogP contribution < -0.4 is 10.9 Å². The van der Waals surface area contributed by atoms with E-state index in [9.17, 15) is 18.0 Å². The maximum Gasteiger partial charge on any atom is 0.473 e. The van der Waals surface area contributed by atoms with E-state index in [0.717, 1.165) is 5.56 Å². The zero-order valence-electron chi connectivity index (χ0n) is 7.88. The Balaban J connectivity index is 2.90. The highest BCUT2D eigenvalue weighted by Gasteiger charge is 2.42. The van der Waals surface area contributed by atoms with Crippen molar-refractivity contribution >= 4 is 11.6 Å². The van der Waals surface area contributed by atoms with Crippen LogP contribution in [0, 0.1) is 6.92 Å². The van der Waals surface area contributed by atoms with Gasteiger partial charge < -0.3 is 0 Å². The summed E-state index contributed by atoms with van der Waals surface area (Å²) in [5.41, 5.74) is 0.870. The molecule has 0 aliphatic heterocycles. The average molecular weight is 218 g/mol. The number of carbonyl (C=O) groups excluding carboxylic acids is 1. The lowest BCUT2D eigenvalue weighted by molar-refractivity contribution is -0.170. The maximum atomic E-state index is 12.0. The number of nitrogens with two attached hydrogens (primary N) is 1. The summed E-state index contributed by atoms with van der Waals surface area (Å²) in [7, 11) is 0. The summed E-state index contributed by atoms with van der Waals surface area (Å²) in [4.78, 5) is 10.7. The highest BCUT2D eigenvalue weighted by atomic mass is 19.4. The second-order valence-corrected chi connectivity index (χ2v) is 3.01. The van der Waals surface area contributed by atoms with Gasteiger partial charge in [0.1, 0.15) is 0 Å². The summed E-state index contributed by atoms with van der Waals surface area (Å²) >= 11 is 0. The van der Waals surface area contributed by atoms with E-state index in [4.69, 9.17) is 5.84 Å². The van der Waals surface area contributed by atoms with E-state index >= 15 is 0 Å². The predicted molar refractivity (Wildman–Crippen MR) is 48.9 cm³/mol. The number of rotatable bonds is 1. The molecule has 0 aliphatic carbocycles. The number of hydrazine groups is 1. The van der Waals surface area contributed by atoms with Crippen LogP contribution in [0.5, 0.6) is 0 Å². The standard InChI is InChI=1S/C9H9F3N2O/c1-6-2-4-7(5-3-6)14(13)8(15)9(10,11)12/h2-5H,13H2,1H3. The third-order valence-electron chi connectivity index (χ3n) is 1.77. The highest BCUT2D eigenvalue weighted by molar-refractivity contribution is 5.96. The van der Waals surface area contributed by atoms with Gasteiger partial charge in [0.25, 0.3) is 0 Å². The SMILES string of the molecule is Cc1ccc(N(N)C(=O)C(F)(F)F)cc1. The summed E-state index contributed by atoms with van der Waals surface area (Å²) in [5.74, 6) is 2.95. The molecule has 3 nitrogen and oxygen atoms in total. The molecule has 0 saturated heterocycles. The summed E-state index contributed by atoms with van der Waals surface area (Å²) in [6, 6.07) is 5.83. The van der Waals surface area contributed by atoms with Gasteiger partial charge in [-0.05, 0) is 19.1 Å². The summed E-state index contributed by atoms with van der Waals surface area (Å²) in [5, 5.41) is 0.0828. The minimum atomic E-state index is -4.96. The minimum Gasteiger partial charge on any atom is -0.262 e. The van der Waals surface area contributed by atoms with E-state index in [1.165, 1.54) is 12.1 Å². The highest BCUT2D eigenvalue weighted by Crippen LogP contribution is 2.21. The monoisotopic (exact) mass is 218 g/mol. The van der Waals surface area contributed by atoms with Crippen LogP contribution in [0.25, 0.3) is 0 Å². The van der Waals surface area contributed by atoms with Crippen LogP contribution in [-0.2, 0) is 4.79 Å². The van der Waals surface area contributed by atoms with E-state index < -0.39 is 12.1 Å². The van der Waals surface area contributed by atoms with Gasteiger partial charge >= 0.3 is 12.1 Å². The third kappa shape index (κ3) is 2.69.